The van der Waals surface area contributed by atoms with Crippen LogP contribution in [0, 0.1) is 13.8 Å². The first-order valence-corrected chi connectivity index (χ1v) is 9.02. The minimum atomic E-state index is -0.234. The number of carbonyl (C=O) groups excluding carboxylic acids is 1. The van der Waals surface area contributed by atoms with Crippen molar-refractivity contribution in [3.63, 3.8) is 0 Å². The number of para-hydroxylation sites is 1. The molecule has 0 spiro atoms. The second kappa shape index (κ2) is 7.27. The smallest absolute Gasteiger partial charge is 0.235 e. The summed E-state index contributed by atoms with van der Waals surface area (Å²) in [6, 6.07) is 11.9. The lowest BCUT2D eigenvalue weighted by Gasteiger charge is -2.19. The van der Waals surface area contributed by atoms with E-state index in [4.69, 9.17) is 4.52 Å². The summed E-state index contributed by atoms with van der Waals surface area (Å²) in [4.78, 5) is 18.9. The molecule has 0 bridgehead atoms. The molecule has 0 saturated heterocycles. The van der Waals surface area contributed by atoms with Gasteiger partial charge in [-0.3, -0.25) is 4.79 Å². The third-order valence-electron chi connectivity index (χ3n) is 3.99. The third kappa shape index (κ3) is 4.02. The zero-order chi connectivity index (χ0) is 18.0. The number of hydrogen-bond acceptors (Lipinski definition) is 5. The Hall–Kier alpha value is -2.34. The van der Waals surface area contributed by atoms with Crippen LogP contribution in [0.3, 0.4) is 0 Å². The number of nitrogens with zero attached hydrogens (tertiary/aromatic N) is 3. The molecule has 0 unspecified atom stereocenters. The van der Waals surface area contributed by atoms with Crippen LogP contribution in [0.5, 0.6) is 0 Å². The van der Waals surface area contributed by atoms with Crippen LogP contribution < -0.4 is 0 Å². The minimum absolute atomic E-state index is 0.0339. The monoisotopic (exact) mass is 355 g/mol. The van der Waals surface area contributed by atoms with Crippen molar-refractivity contribution in [1.29, 1.82) is 0 Å². The molecule has 2 aromatic heterocycles. The van der Waals surface area contributed by atoms with E-state index in [0.717, 1.165) is 21.6 Å². The van der Waals surface area contributed by atoms with E-state index in [2.05, 4.69) is 23.1 Å². The predicted octanol–water partition coefficient (Wildman–Crippen LogP) is 3.98. The molecule has 0 fully saturated rings. The highest BCUT2D eigenvalue weighted by molar-refractivity contribution is 8.00. The zero-order valence-electron chi connectivity index (χ0n) is 14.8. The largest absolute Gasteiger partial charge is 0.359 e. The SMILES string of the molecule is Cc1cc(CN(C)C(=O)[C@H](C)Sc2cc(C)c3ccccc3n2)on1. The van der Waals surface area contributed by atoms with Gasteiger partial charge in [-0.15, -0.1) is 0 Å². The molecular formula is C19H21N3O2S. The molecule has 25 heavy (non-hydrogen) atoms. The van der Waals surface area contributed by atoms with Crippen LogP contribution in [-0.2, 0) is 11.3 Å². The first-order chi connectivity index (χ1) is 11.9. The summed E-state index contributed by atoms with van der Waals surface area (Å²) >= 11 is 1.48. The number of fused-ring (bicyclic) bond motifs is 1. The molecule has 6 heteroatoms. The second-order valence-electron chi connectivity index (χ2n) is 6.18. The number of hydrogen-bond donors (Lipinski definition) is 0. The first-order valence-electron chi connectivity index (χ1n) is 8.14. The minimum Gasteiger partial charge on any atom is -0.359 e. The van der Waals surface area contributed by atoms with Gasteiger partial charge in [-0.1, -0.05) is 35.1 Å². The van der Waals surface area contributed by atoms with Crippen molar-refractivity contribution in [2.45, 2.75) is 37.6 Å². The third-order valence-corrected chi connectivity index (χ3v) is 5.00. The Morgan fingerprint density at radius 3 is 2.76 bits per heavy atom. The lowest BCUT2D eigenvalue weighted by molar-refractivity contribution is -0.129. The molecule has 1 aromatic carbocycles. The van der Waals surface area contributed by atoms with Gasteiger partial charge in [0.05, 0.1) is 28.0 Å². The van der Waals surface area contributed by atoms with E-state index in [1.165, 1.54) is 17.3 Å². The van der Waals surface area contributed by atoms with Crippen LogP contribution in [0.4, 0.5) is 0 Å². The summed E-state index contributed by atoms with van der Waals surface area (Å²) in [6.45, 7) is 6.25. The molecule has 3 aromatic rings. The first kappa shape index (κ1) is 17.5. The molecule has 130 valence electrons. The molecule has 0 saturated carbocycles. The van der Waals surface area contributed by atoms with Crippen molar-refractivity contribution in [1.82, 2.24) is 15.0 Å². The number of amides is 1. The Labute approximate surface area is 151 Å². The van der Waals surface area contributed by atoms with E-state index in [1.54, 1.807) is 11.9 Å². The molecule has 0 aliphatic carbocycles. The van der Waals surface area contributed by atoms with Crippen molar-refractivity contribution < 1.29 is 9.32 Å². The van der Waals surface area contributed by atoms with Crippen LogP contribution in [0.1, 0.15) is 23.9 Å². The summed E-state index contributed by atoms with van der Waals surface area (Å²) in [5, 5.41) is 5.62. The van der Waals surface area contributed by atoms with Crippen molar-refractivity contribution in [2.75, 3.05) is 7.05 Å². The Morgan fingerprint density at radius 2 is 2.04 bits per heavy atom. The number of aryl methyl sites for hydroxylation is 2. The van der Waals surface area contributed by atoms with E-state index < -0.39 is 0 Å². The molecule has 5 nitrogen and oxygen atoms in total. The average molecular weight is 355 g/mol. The number of aromatic nitrogens is 2. The summed E-state index contributed by atoms with van der Waals surface area (Å²) in [5.41, 5.74) is 2.93. The fourth-order valence-corrected chi connectivity index (χ4v) is 3.76. The molecule has 1 amide bonds. The fourth-order valence-electron chi connectivity index (χ4n) is 2.72. The Bertz CT molecular complexity index is 907. The summed E-state index contributed by atoms with van der Waals surface area (Å²) in [6.07, 6.45) is 0. The summed E-state index contributed by atoms with van der Waals surface area (Å²) in [7, 11) is 1.77. The van der Waals surface area contributed by atoms with Crippen molar-refractivity contribution in [3.05, 3.63) is 53.4 Å². The number of thioether (sulfide) groups is 1. The number of carbonyl (C=O) groups is 1. The van der Waals surface area contributed by atoms with Gasteiger partial charge in [-0.25, -0.2) is 4.98 Å². The van der Waals surface area contributed by atoms with Gasteiger partial charge in [0.15, 0.2) is 5.76 Å². The van der Waals surface area contributed by atoms with Crippen molar-refractivity contribution >= 4 is 28.6 Å². The van der Waals surface area contributed by atoms with Crippen LogP contribution >= 0.6 is 11.8 Å². The standard InChI is InChI=1S/C19H21N3O2S/c1-12-9-18(20-17-8-6-5-7-16(12)17)25-14(3)19(23)22(4)11-15-10-13(2)21-24-15/h5-10,14H,11H2,1-4H3/t14-/m0/s1. The van der Waals surface area contributed by atoms with Crippen LogP contribution in [0.25, 0.3) is 10.9 Å². The lowest BCUT2D eigenvalue weighted by atomic mass is 10.1. The van der Waals surface area contributed by atoms with Gasteiger partial charge in [-0.2, -0.15) is 0 Å². The Morgan fingerprint density at radius 1 is 1.28 bits per heavy atom. The van der Waals surface area contributed by atoms with E-state index in [-0.39, 0.29) is 11.2 Å². The average Bonchev–Trinajstić information content (AvgIpc) is 2.99. The number of pyridine rings is 1. The highest BCUT2D eigenvalue weighted by Gasteiger charge is 2.21. The molecule has 3 rings (SSSR count). The van der Waals surface area contributed by atoms with Crippen LogP contribution in [0.15, 0.2) is 45.9 Å². The van der Waals surface area contributed by atoms with Gasteiger partial charge in [0.25, 0.3) is 0 Å². The second-order valence-corrected chi connectivity index (χ2v) is 7.54. The Balaban J connectivity index is 1.70. The zero-order valence-corrected chi connectivity index (χ0v) is 15.6. The van der Waals surface area contributed by atoms with Gasteiger partial charge < -0.3 is 9.42 Å². The van der Waals surface area contributed by atoms with E-state index in [1.807, 2.05) is 44.2 Å². The Kier molecular flexibility index (Phi) is 5.08. The lowest BCUT2D eigenvalue weighted by Crippen LogP contribution is -2.32. The summed E-state index contributed by atoms with van der Waals surface area (Å²) < 4.78 is 5.18. The topological polar surface area (TPSA) is 59.2 Å². The molecule has 0 N–H and O–H groups in total. The predicted molar refractivity (Wildman–Crippen MR) is 99.5 cm³/mol. The molecule has 0 aliphatic heterocycles. The number of rotatable bonds is 5. The van der Waals surface area contributed by atoms with Crippen LogP contribution in [0.2, 0.25) is 0 Å². The summed E-state index contributed by atoms with van der Waals surface area (Å²) in [5.74, 6) is 0.719. The maximum Gasteiger partial charge on any atom is 0.235 e. The molecule has 2 heterocycles. The van der Waals surface area contributed by atoms with Crippen molar-refractivity contribution in [3.8, 4) is 0 Å². The molecule has 0 aliphatic rings. The highest BCUT2D eigenvalue weighted by Crippen LogP contribution is 2.27. The maximum absolute atomic E-state index is 12.6. The quantitative estimate of drug-likeness (QED) is 0.648. The van der Waals surface area contributed by atoms with Crippen LogP contribution in [-0.4, -0.2) is 33.2 Å². The van der Waals surface area contributed by atoms with Gasteiger partial charge in [0.1, 0.15) is 0 Å². The molecule has 0 radical (unpaired) electrons. The van der Waals surface area contributed by atoms with Gasteiger partial charge in [0.2, 0.25) is 5.91 Å². The normalized spacial score (nSPS) is 12.3. The molecular weight excluding hydrogens is 334 g/mol. The van der Waals surface area contributed by atoms with Gasteiger partial charge in [0, 0.05) is 18.5 Å². The highest BCUT2D eigenvalue weighted by atomic mass is 32.2. The maximum atomic E-state index is 12.6. The van der Waals surface area contributed by atoms with E-state index >= 15 is 0 Å². The van der Waals surface area contributed by atoms with Gasteiger partial charge in [-0.05, 0) is 38.5 Å². The fraction of sp³-hybridized carbons (Fsp3) is 0.316. The van der Waals surface area contributed by atoms with E-state index in [9.17, 15) is 4.79 Å². The molecule has 1 atom stereocenters. The van der Waals surface area contributed by atoms with E-state index in [0.29, 0.717) is 12.3 Å². The number of benzene rings is 1. The van der Waals surface area contributed by atoms with Crippen molar-refractivity contribution in [2.24, 2.45) is 0 Å². The van der Waals surface area contributed by atoms with Gasteiger partial charge >= 0.3 is 0 Å².